The molecule has 11 N–H and O–H groups in total. The van der Waals surface area contributed by atoms with Crippen molar-refractivity contribution >= 4 is 53.3 Å². The van der Waals surface area contributed by atoms with Gasteiger partial charge in [0.15, 0.2) is 0 Å². The number of nitrogens with zero attached hydrogens (tertiary/aromatic N) is 1. The second-order valence-electron chi connectivity index (χ2n) is 10.7. The Hall–Kier alpha value is -5.17. The number of carboxylic acids is 3. The largest absolute Gasteiger partial charge is 0.508 e. The van der Waals surface area contributed by atoms with Gasteiger partial charge >= 0.3 is 17.9 Å². The van der Waals surface area contributed by atoms with E-state index < -0.39 is 91.0 Å². The average Bonchev–Trinajstić information content (AvgIpc) is 3.54. The van der Waals surface area contributed by atoms with Crippen LogP contribution in [0, 0.1) is 0 Å². The third-order valence-electron chi connectivity index (χ3n) is 6.86. The maximum atomic E-state index is 13.5. The van der Waals surface area contributed by atoms with Gasteiger partial charge in [-0.15, -0.1) is 0 Å². The molecule has 48 heavy (non-hydrogen) atoms. The van der Waals surface area contributed by atoms with Crippen LogP contribution < -0.4 is 27.0 Å². The number of thioether (sulfide) groups is 1. The lowest BCUT2D eigenvalue weighted by Gasteiger charge is -2.26. The zero-order chi connectivity index (χ0) is 35.8. The Balaban J connectivity index is 2.29. The highest BCUT2D eigenvalue weighted by Crippen LogP contribution is 2.13. The first-order valence-corrected chi connectivity index (χ1v) is 16.0. The molecule has 0 aliphatic heterocycles. The summed E-state index contributed by atoms with van der Waals surface area (Å²) in [6.07, 6.45) is 2.45. The van der Waals surface area contributed by atoms with Gasteiger partial charge < -0.3 is 52.4 Å². The smallest absolute Gasteiger partial charge is 0.326 e. The van der Waals surface area contributed by atoms with Crippen molar-refractivity contribution in [1.82, 2.24) is 31.2 Å². The molecular weight excluding hydrogens is 654 g/mol. The van der Waals surface area contributed by atoms with Crippen LogP contribution in [0.15, 0.2) is 36.8 Å². The normalized spacial score (nSPS) is 14.0. The van der Waals surface area contributed by atoms with E-state index in [1.54, 1.807) is 6.26 Å². The molecule has 2 rings (SSSR count). The molecule has 0 unspecified atom stereocenters. The lowest BCUT2D eigenvalue weighted by atomic mass is 10.0. The van der Waals surface area contributed by atoms with E-state index in [0.717, 1.165) is 0 Å². The number of aliphatic carboxylic acids is 3. The molecule has 4 amide bonds. The van der Waals surface area contributed by atoms with Crippen molar-refractivity contribution in [3.8, 4) is 5.75 Å². The number of aromatic nitrogens is 2. The highest BCUT2D eigenvalue weighted by molar-refractivity contribution is 7.98. The molecule has 18 nitrogen and oxygen atoms in total. The van der Waals surface area contributed by atoms with Crippen LogP contribution in [0.4, 0.5) is 0 Å². The fraction of sp³-hybridized carbons (Fsp3) is 0.448. The number of phenolic OH excluding ortho intramolecular Hbond substituents is 1. The predicted octanol–water partition coefficient (Wildman–Crippen LogP) is -1.66. The fourth-order valence-electron chi connectivity index (χ4n) is 4.31. The number of aromatic amines is 1. The number of imidazole rings is 1. The molecule has 0 saturated carbocycles. The summed E-state index contributed by atoms with van der Waals surface area (Å²) in [7, 11) is 0. The van der Waals surface area contributed by atoms with E-state index in [2.05, 4.69) is 31.2 Å². The minimum atomic E-state index is -1.54. The summed E-state index contributed by atoms with van der Waals surface area (Å²) < 4.78 is 0. The summed E-state index contributed by atoms with van der Waals surface area (Å²) in [4.78, 5) is 93.7. The molecule has 0 radical (unpaired) electrons. The van der Waals surface area contributed by atoms with Crippen LogP contribution in [-0.2, 0) is 46.4 Å². The van der Waals surface area contributed by atoms with Crippen molar-refractivity contribution in [2.24, 2.45) is 5.73 Å². The molecule has 262 valence electrons. The Labute approximate surface area is 278 Å². The van der Waals surface area contributed by atoms with Crippen molar-refractivity contribution in [2.75, 3.05) is 12.0 Å². The first-order valence-electron chi connectivity index (χ1n) is 14.6. The Morgan fingerprint density at radius 1 is 0.792 bits per heavy atom. The molecule has 2 aromatic rings. The summed E-state index contributed by atoms with van der Waals surface area (Å²) in [6, 6.07) is -1.59. The van der Waals surface area contributed by atoms with Crippen LogP contribution in [-0.4, -0.2) is 114 Å². The van der Waals surface area contributed by atoms with Crippen LogP contribution in [0.1, 0.15) is 36.9 Å². The minimum absolute atomic E-state index is 0.0513. The zero-order valence-electron chi connectivity index (χ0n) is 25.9. The number of carboxylic acid groups (broad SMARTS) is 3. The monoisotopic (exact) mass is 693 g/mol. The molecule has 19 heteroatoms. The van der Waals surface area contributed by atoms with Gasteiger partial charge in [0.1, 0.15) is 29.9 Å². The van der Waals surface area contributed by atoms with E-state index >= 15 is 0 Å². The van der Waals surface area contributed by atoms with Gasteiger partial charge in [-0.3, -0.25) is 28.8 Å². The molecule has 1 heterocycles. The molecule has 0 aliphatic carbocycles. The van der Waals surface area contributed by atoms with Gasteiger partial charge in [-0.2, -0.15) is 11.8 Å². The molecular formula is C29H39N7O11S. The van der Waals surface area contributed by atoms with Gasteiger partial charge in [0.25, 0.3) is 0 Å². The standard InChI is InChI=1S/C29H39N7O11S/c1-48-9-8-20(27(44)36-22(29(46)47)11-16-13-31-14-32-16)34-26(43)19(6-7-23(38)39)33-28(45)21(10-15-2-4-17(37)5-3-15)35-25(42)18(30)12-24(40)41/h2-5,13-14,18-22,37H,6-12,30H2,1H3,(H,31,32)(H,33,45)(H,34,43)(H,35,42)(H,36,44)(H,38,39)(H,40,41)(H,46,47)/t18-,19-,20-,21-,22-/m0/s1. The number of nitrogens with two attached hydrogens (primary N) is 1. The Morgan fingerprint density at radius 3 is 1.88 bits per heavy atom. The third-order valence-corrected chi connectivity index (χ3v) is 7.50. The van der Waals surface area contributed by atoms with Crippen LogP contribution in [0.3, 0.4) is 0 Å². The van der Waals surface area contributed by atoms with E-state index in [4.69, 9.17) is 10.8 Å². The maximum absolute atomic E-state index is 13.5. The molecule has 5 atom stereocenters. The van der Waals surface area contributed by atoms with Crippen LogP contribution >= 0.6 is 11.8 Å². The number of H-pyrrole nitrogens is 1. The summed E-state index contributed by atoms with van der Waals surface area (Å²) in [6.45, 7) is 0. The third kappa shape index (κ3) is 13.7. The minimum Gasteiger partial charge on any atom is -0.508 e. The van der Waals surface area contributed by atoms with Gasteiger partial charge in [-0.05, 0) is 42.5 Å². The van der Waals surface area contributed by atoms with E-state index in [9.17, 15) is 48.9 Å². The second kappa shape index (κ2) is 19.5. The number of rotatable bonds is 21. The Bertz CT molecular complexity index is 1420. The van der Waals surface area contributed by atoms with Crippen molar-refractivity contribution in [3.63, 3.8) is 0 Å². The molecule has 0 bridgehead atoms. The average molecular weight is 694 g/mol. The predicted molar refractivity (Wildman–Crippen MR) is 170 cm³/mol. The molecule has 0 spiro atoms. The summed E-state index contributed by atoms with van der Waals surface area (Å²) in [5.41, 5.74) is 6.54. The van der Waals surface area contributed by atoms with Crippen LogP contribution in [0.5, 0.6) is 5.75 Å². The highest BCUT2D eigenvalue weighted by atomic mass is 32.2. The van der Waals surface area contributed by atoms with Gasteiger partial charge in [0.05, 0.1) is 18.8 Å². The zero-order valence-corrected chi connectivity index (χ0v) is 26.7. The number of amides is 4. The molecule has 1 aromatic carbocycles. The summed E-state index contributed by atoms with van der Waals surface area (Å²) in [5, 5.41) is 47.2. The van der Waals surface area contributed by atoms with E-state index in [0.29, 0.717) is 17.0 Å². The van der Waals surface area contributed by atoms with Crippen molar-refractivity contribution in [2.45, 2.75) is 68.7 Å². The lowest BCUT2D eigenvalue weighted by Crippen LogP contribution is -2.59. The van der Waals surface area contributed by atoms with Crippen molar-refractivity contribution < 1.29 is 54.0 Å². The van der Waals surface area contributed by atoms with Crippen LogP contribution in [0.2, 0.25) is 0 Å². The Kier molecular flexibility index (Phi) is 15.8. The van der Waals surface area contributed by atoms with Crippen LogP contribution in [0.25, 0.3) is 0 Å². The molecule has 0 aliphatic rings. The number of carbonyl (C=O) groups is 7. The number of hydrogen-bond donors (Lipinski definition) is 10. The Morgan fingerprint density at radius 2 is 1.35 bits per heavy atom. The maximum Gasteiger partial charge on any atom is 0.326 e. The highest BCUT2D eigenvalue weighted by Gasteiger charge is 2.32. The van der Waals surface area contributed by atoms with Gasteiger partial charge in [0.2, 0.25) is 23.6 Å². The quantitative estimate of drug-likeness (QED) is 0.0700. The fourth-order valence-corrected chi connectivity index (χ4v) is 4.78. The summed E-state index contributed by atoms with van der Waals surface area (Å²) >= 11 is 1.34. The van der Waals surface area contributed by atoms with Crippen molar-refractivity contribution in [1.29, 1.82) is 0 Å². The molecule has 0 saturated heterocycles. The molecule has 0 fully saturated rings. The number of nitrogens with one attached hydrogen (secondary N) is 5. The number of phenols is 1. The van der Waals surface area contributed by atoms with E-state index in [1.165, 1.54) is 48.6 Å². The van der Waals surface area contributed by atoms with Crippen molar-refractivity contribution in [3.05, 3.63) is 48.0 Å². The van der Waals surface area contributed by atoms with E-state index in [1.807, 2.05) is 0 Å². The molecule has 1 aromatic heterocycles. The number of aromatic hydroxyl groups is 1. The number of carbonyl (C=O) groups excluding carboxylic acids is 4. The first kappa shape index (κ1) is 39.0. The first-order chi connectivity index (χ1) is 22.7. The van der Waals surface area contributed by atoms with Gasteiger partial charge in [0, 0.05) is 31.2 Å². The SMILES string of the molecule is CSCC[C@H](NC(=O)[C@H](CCC(=O)O)NC(=O)[C@H](Cc1ccc(O)cc1)NC(=O)[C@@H](N)CC(=O)O)C(=O)N[C@@H](Cc1cnc[nH]1)C(=O)O. The van der Waals surface area contributed by atoms with E-state index in [-0.39, 0.29) is 25.0 Å². The number of benzene rings is 1. The lowest BCUT2D eigenvalue weighted by molar-refractivity contribution is -0.142. The summed E-state index contributed by atoms with van der Waals surface area (Å²) in [5.74, 6) is -7.45. The van der Waals surface area contributed by atoms with Gasteiger partial charge in [-0.25, -0.2) is 9.78 Å². The topological polar surface area (TPSA) is 303 Å². The second-order valence-corrected chi connectivity index (χ2v) is 11.6. The van der Waals surface area contributed by atoms with Gasteiger partial charge in [-0.1, -0.05) is 12.1 Å². The number of hydrogen-bond acceptors (Lipinski definition) is 11.